The first-order chi connectivity index (χ1) is 17.8. The van der Waals surface area contributed by atoms with Crippen LogP contribution in [0.25, 0.3) is 22.0 Å². The molecule has 1 N–H and O–H groups in total. The van der Waals surface area contributed by atoms with Crippen LogP contribution in [0.1, 0.15) is 42.1 Å². The Balaban J connectivity index is 1.69. The topological polar surface area (TPSA) is 82.9 Å². The van der Waals surface area contributed by atoms with Crippen LogP contribution in [-0.2, 0) is 9.59 Å². The third kappa shape index (κ3) is 5.02. The van der Waals surface area contributed by atoms with Crippen molar-refractivity contribution < 1.29 is 19.1 Å². The Morgan fingerprint density at radius 1 is 1.03 bits per heavy atom. The van der Waals surface area contributed by atoms with Gasteiger partial charge in [-0.25, -0.2) is 9.40 Å². The molecule has 1 aliphatic heterocycles. The number of carboxylic acid groups (broad SMARTS) is 1. The number of aryl methyl sites for hydroxylation is 1. The third-order valence-corrected chi connectivity index (χ3v) is 6.95. The van der Waals surface area contributed by atoms with Gasteiger partial charge in [-0.3, -0.25) is 14.6 Å². The average molecular weight is 560 g/mol. The van der Waals surface area contributed by atoms with Crippen molar-refractivity contribution >= 4 is 44.4 Å². The number of carbonyl (C=O) groups excluding carboxylic acids is 1. The first-order valence-electron chi connectivity index (χ1n) is 11.8. The predicted octanol–water partition coefficient (Wildman–Crippen LogP) is 6.65. The molecule has 0 radical (unpaired) electrons. The minimum absolute atomic E-state index is 0.183. The number of nitrogens with zero attached hydrogens (tertiary/aromatic N) is 3. The van der Waals surface area contributed by atoms with Gasteiger partial charge in [0.1, 0.15) is 5.82 Å². The van der Waals surface area contributed by atoms with Crippen LogP contribution in [0.4, 0.5) is 4.39 Å². The number of benzene rings is 3. The number of amides is 1. The van der Waals surface area contributed by atoms with Gasteiger partial charge < -0.3 is 5.11 Å². The largest absolute Gasteiger partial charge is 0.481 e. The summed E-state index contributed by atoms with van der Waals surface area (Å²) in [6.07, 6.45) is -0.0975. The summed E-state index contributed by atoms with van der Waals surface area (Å²) in [7, 11) is 0. The molecule has 0 fully saturated rings. The summed E-state index contributed by atoms with van der Waals surface area (Å²) in [4.78, 5) is 29.1. The quantitative estimate of drug-likeness (QED) is 0.286. The molecule has 0 saturated carbocycles. The average Bonchev–Trinajstić information content (AvgIpc) is 3.32. The normalized spacial score (nSPS) is 15.2. The summed E-state index contributed by atoms with van der Waals surface area (Å²) in [5, 5.41) is 16.2. The van der Waals surface area contributed by atoms with Gasteiger partial charge in [0.05, 0.1) is 23.7 Å². The molecule has 1 aromatic heterocycles. The number of hydrogen-bond donors (Lipinski definition) is 1. The fourth-order valence-electron chi connectivity index (χ4n) is 4.78. The molecule has 4 aromatic rings. The summed E-state index contributed by atoms with van der Waals surface area (Å²) >= 11 is 3.58. The second kappa shape index (κ2) is 10.2. The van der Waals surface area contributed by atoms with Crippen molar-refractivity contribution in [2.24, 2.45) is 5.10 Å². The van der Waals surface area contributed by atoms with Crippen molar-refractivity contribution in [1.29, 1.82) is 0 Å². The molecule has 2 heterocycles. The SMILES string of the molecule is Cc1nc2ccc(Br)cc2c(-c2ccccc2)c1C1=NN(C(=O)CCC(=O)O)[C@@H](c2ccc(F)cc2)C1. The summed E-state index contributed by atoms with van der Waals surface area (Å²) in [6.45, 7) is 1.92. The number of aromatic nitrogens is 1. The molecule has 1 amide bonds. The maximum absolute atomic E-state index is 13.7. The molecule has 8 heteroatoms. The van der Waals surface area contributed by atoms with E-state index in [2.05, 4.69) is 15.9 Å². The summed E-state index contributed by atoms with van der Waals surface area (Å²) in [5.41, 5.74) is 5.78. The highest BCUT2D eigenvalue weighted by Gasteiger charge is 2.35. The van der Waals surface area contributed by atoms with Gasteiger partial charge in [0.25, 0.3) is 0 Å². The van der Waals surface area contributed by atoms with Crippen LogP contribution >= 0.6 is 15.9 Å². The van der Waals surface area contributed by atoms with Crippen molar-refractivity contribution in [3.05, 3.63) is 99.9 Å². The van der Waals surface area contributed by atoms with E-state index in [-0.39, 0.29) is 18.7 Å². The summed E-state index contributed by atoms with van der Waals surface area (Å²) < 4.78 is 14.6. The molecule has 0 aliphatic carbocycles. The standard InChI is InChI=1S/C29H23BrFN3O3/c1-17-28(29(19-5-3-2-4-6-19)22-15-20(30)9-12-23(22)32-17)24-16-25(18-7-10-21(31)11-8-18)34(33-24)26(35)13-14-27(36)37/h2-12,15,25H,13-14,16H2,1H3,(H,36,37)/t25-/m1/s1. The van der Waals surface area contributed by atoms with E-state index in [9.17, 15) is 14.0 Å². The molecular weight excluding hydrogens is 537 g/mol. The highest BCUT2D eigenvalue weighted by Crippen LogP contribution is 2.40. The minimum Gasteiger partial charge on any atom is -0.481 e. The van der Waals surface area contributed by atoms with Gasteiger partial charge in [-0.1, -0.05) is 58.4 Å². The fourth-order valence-corrected chi connectivity index (χ4v) is 5.14. The van der Waals surface area contributed by atoms with Crippen LogP contribution in [0, 0.1) is 12.7 Å². The number of carboxylic acids is 1. The Morgan fingerprint density at radius 3 is 2.46 bits per heavy atom. The first-order valence-corrected chi connectivity index (χ1v) is 12.6. The lowest BCUT2D eigenvalue weighted by molar-refractivity contribution is -0.141. The Morgan fingerprint density at radius 2 is 1.76 bits per heavy atom. The van der Waals surface area contributed by atoms with E-state index in [1.165, 1.54) is 17.1 Å². The number of carbonyl (C=O) groups is 2. The van der Waals surface area contributed by atoms with Crippen LogP contribution in [0.5, 0.6) is 0 Å². The van der Waals surface area contributed by atoms with Gasteiger partial charge in [0.2, 0.25) is 5.91 Å². The van der Waals surface area contributed by atoms with Gasteiger partial charge >= 0.3 is 5.97 Å². The number of pyridine rings is 1. The zero-order chi connectivity index (χ0) is 26.1. The lowest BCUT2D eigenvalue weighted by atomic mass is 9.89. The molecule has 5 rings (SSSR count). The predicted molar refractivity (Wildman–Crippen MR) is 144 cm³/mol. The zero-order valence-corrected chi connectivity index (χ0v) is 21.6. The Bertz CT molecular complexity index is 1540. The molecule has 186 valence electrons. The first kappa shape index (κ1) is 24.8. The highest BCUT2D eigenvalue weighted by molar-refractivity contribution is 9.10. The molecule has 3 aromatic carbocycles. The molecule has 0 unspecified atom stereocenters. The number of hydrogen-bond acceptors (Lipinski definition) is 4. The lowest BCUT2D eigenvalue weighted by Gasteiger charge is -2.22. The Labute approximate surface area is 221 Å². The van der Waals surface area contributed by atoms with Crippen LogP contribution in [0.2, 0.25) is 0 Å². The van der Waals surface area contributed by atoms with E-state index in [0.717, 1.165) is 43.3 Å². The van der Waals surface area contributed by atoms with E-state index in [0.29, 0.717) is 12.1 Å². The van der Waals surface area contributed by atoms with Crippen molar-refractivity contribution in [3.8, 4) is 11.1 Å². The van der Waals surface area contributed by atoms with Gasteiger partial charge in [0.15, 0.2) is 0 Å². The zero-order valence-electron chi connectivity index (χ0n) is 20.0. The number of halogens is 2. The van der Waals surface area contributed by atoms with Crippen molar-refractivity contribution in [3.63, 3.8) is 0 Å². The molecular formula is C29H23BrFN3O3. The number of hydrazone groups is 1. The summed E-state index contributed by atoms with van der Waals surface area (Å²) in [6, 6.07) is 21.4. The smallest absolute Gasteiger partial charge is 0.303 e. The second-order valence-corrected chi connectivity index (χ2v) is 9.84. The number of fused-ring (bicyclic) bond motifs is 1. The second-order valence-electron chi connectivity index (χ2n) is 8.92. The highest BCUT2D eigenvalue weighted by atomic mass is 79.9. The number of rotatable bonds is 6. The molecule has 37 heavy (non-hydrogen) atoms. The van der Waals surface area contributed by atoms with Crippen LogP contribution < -0.4 is 0 Å². The van der Waals surface area contributed by atoms with Gasteiger partial charge in [-0.2, -0.15) is 5.10 Å². The van der Waals surface area contributed by atoms with Crippen LogP contribution in [0.15, 0.2) is 82.4 Å². The number of aliphatic carboxylic acids is 1. The van der Waals surface area contributed by atoms with Gasteiger partial charge in [-0.05, 0) is 48.4 Å². The Hall–Kier alpha value is -3.91. The van der Waals surface area contributed by atoms with Crippen molar-refractivity contribution in [1.82, 2.24) is 9.99 Å². The van der Waals surface area contributed by atoms with E-state index >= 15 is 0 Å². The van der Waals surface area contributed by atoms with E-state index in [4.69, 9.17) is 15.2 Å². The molecule has 1 atom stereocenters. The summed E-state index contributed by atoms with van der Waals surface area (Å²) in [5.74, 6) is -1.83. The maximum Gasteiger partial charge on any atom is 0.303 e. The molecule has 1 aliphatic rings. The monoisotopic (exact) mass is 559 g/mol. The molecule has 6 nitrogen and oxygen atoms in total. The molecule has 0 spiro atoms. The fraction of sp³-hybridized carbons (Fsp3) is 0.172. The van der Waals surface area contributed by atoms with Crippen molar-refractivity contribution in [2.45, 2.75) is 32.2 Å². The third-order valence-electron chi connectivity index (χ3n) is 6.45. The van der Waals surface area contributed by atoms with Crippen LogP contribution in [-0.4, -0.2) is 32.7 Å². The van der Waals surface area contributed by atoms with Gasteiger partial charge in [-0.15, -0.1) is 0 Å². The van der Waals surface area contributed by atoms with E-state index in [1.807, 2.05) is 55.5 Å². The molecule has 0 bridgehead atoms. The van der Waals surface area contributed by atoms with Crippen LogP contribution in [0.3, 0.4) is 0 Å². The minimum atomic E-state index is -1.05. The lowest BCUT2D eigenvalue weighted by Crippen LogP contribution is -2.27. The van der Waals surface area contributed by atoms with E-state index < -0.39 is 17.9 Å². The van der Waals surface area contributed by atoms with Gasteiger partial charge in [0, 0.05) is 39.5 Å². The molecule has 0 saturated heterocycles. The Kier molecular flexibility index (Phi) is 6.84. The van der Waals surface area contributed by atoms with Crippen molar-refractivity contribution in [2.75, 3.05) is 0 Å². The maximum atomic E-state index is 13.7. The van der Waals surface area contributed by atoms with E-state index in [1.54, 1.807) is 12.1 Å².